The van der Waals surface area contributed by atoms with E-state index in [0.29, 0.717) is 24.3 Å². The summed E-state index contributed by atoms with van der Waals surface area (Å²) in [7, 11) is 5.12. The van der Waals surface area contributed by atoms with Crippen LogP contribution in [0.4, 0.5) is 11.4 Å². The van der Waals surface area contributed by atoms with Crippen LogP contribution in [0.2, 0.25) is 0 Å². The van der Waals surface area contributed by atoms with Crippen molar-refractivity contribution >= 4 is 34.2 Å². The molecule has 2 aromatic heterocycles. The Kier molecular flexibility index (Phi) is 10.2. The van der Waals surface area contributed by atoms with Crippen molar-refractivity contribution in [3.63, 3.8) is 0 Å². The smallest absolute Gasteiger partial charge is 0.329 e. The first kappa shape index (κ1) is 36.9. The molecule has 4 aliphatic heterocycles. The number of hydrogen-bond acceptors (Lipinski definition) is 10. The van der Waals surface area contributed by atoms with E-state index < -0.39 is 11.9 Å². The summed E-state index contributed by atoms with van der Waals surface area (Å²) in [5.41, 5.74) is 5.17. The summed E-state index contributed by atoms with van der Waals surface area (Å²) in [6, 6.07) is 9.35. The van der Waals surface area contributed by atoms with Crippen LogP contribution in [-0.4, -0.2) is 104 Å². The SMILES string of the molecule is COc1cc(N2CCC(N3CCC(CN4CCC(c5cccc6c5n(C)c(=O)n6C5CCC(=O)NC5=O)CC4)CC3)CC2)c(-c2cnn(C)c2)cc1[N+](=O)[O-]. The van der Waals surface area contributed by atoms with E-state index in [1.54, 1.807) is 33.1 Å². The van der Waals surface area contributed by atoms with Crippen molar-refractivity contribution in [1.29, 1.82) is 0 Å². The maximum absolute atomic E-state index is 13.5. The number of amides is 2. The number of imide groups is 1. The van der Waals surface area contributed by atoms with Crippen LogP contribution < -0.4 is 20.6 Å². The Hall–Kier alpha value is -5.02. The van der Waals surface area contributed by atoms with E-state index in [4.69, 9.17) is 4.74 Å². The van der Waals surface area contributed by atoms with Gasteiger partial charge in [-0.15, -0.1) is 0 Å². The van der Waals surface area contributed by atoms with Gasteiger partial charge in [0.05, 0.1) is 29.3 Å². The maximum atomic E-state index is 13.5. The van der Waals surface area contributed by atoms with Gasteiger partial charge < -0.3 is 19.4 Å². The molecule has 15 nitrogen and oxygen atoms in total. The van der Waals surface area contributed by atoms with Gasteiger partial charge in [0.15, 0.2) is 5.75 Å². The third-order valence-corrected chi connectivity index (χ3v) is 12.7. The number of nitro benzene ring substituents is 1. The minimum Gasteiger partial charge on any atom is -0.490 e. The fraction of sp³-hybridized carbons (Fsp3) is 0.550. The number of likely N-dealkylation sites (tertiary alicyclic amines) is 2. The standard InChI is InChI=1S/C40H51N9O6/c1-43-25-28(23-41-43)31-21-35(49(53)54)36(55-3)22-34(31)47-19-13-29(14-20-47)46-17-9-26(10-18-46)24-45-15-11-27(12-16-45)30-5-4-6-32-38(30)44(2)40(52)48(32)33-7-8-37(50)42-39(33)51/h4-6,21-23,25-27,29,33H,7-20,24H2,1-3H3,(H,42,50,51). The molecule has 15 heteroatoms. The van der Waals surface area contributed by atoms with Gasteiger partial charge in [0.2, 0.25) is 11.8 Å². The molecule has 4 saturated heterocycles. The molecule has 4 aliphatic rings. The predicted octanol–water partition coefficient (Wildman–Crippen LogP) is 4.20. The van der Waals surface area contributed by atoms with Crippen molar-refractivity contribution in [1.82, 2.24) is 34.0 Å². The monoisotopic (exact) mass is 753 g/mol. The molecule has 1 N–H and O–H groups in total. The molecular weight excluding hydrogens is 702 g/mol. The number of hydrogen-bond donors (Lipinski definition) is 1. The summed E-state index contributed by atoms with van der Waals surface area (Å²) in [4.78, 5) is 57.1. The van der Waals surface area contributed by atoms with E-state index in [-0.39, 0.29) is 34.4 Å². The molecule has 2 aromatic carbocycles. The number of ether oxygens (including phenoxy) is 1. The number of aromatic nitrogens is 4. The van der Waals surface area contributed by atoms with Crippen LogP contribution in [0.1, 0.15) is 68.9 Å². The first-order valence-electron chi connectivity index (χ1n) is 19.7. The summed E-state index contributed by atoms with van der Waals surface area (Å²) < 4.78 is 10.4. The second kappa shape index (κ2) is 15.3. The number of methoxy groups -OCH3 is 1. The number of carbonyl (C=O) groups is 2. The average molecular weight is 754 g/mol. The quantitative estimate of drug-likeness (QED) is 0.150. The lowest BCUT2D eigenvalue weighted by Gasteiger charge is -2.43. The van der Waals surface area contributed by atoms with Crippen molar-refractivity contribution < 1.29 is 19.2 Å². The molecule has 4 fully saturated rings. The number of para-hydroxylation sites is 1. The minimum atomic E-state index is -0.677. The van der Waals surface area contributed by atoms with Crippen molar-refractivity contribution in [2.75, 3.05) is 57.8 Å². The van der Waals surface area contributed by atoms with Crippen LogP contribution in [0, 0.1) is 16.0 Å². The summed E-state index contributed by atoms with van der Waals surface area (Å²) in [6.07, 6.45) is 10.7. The van der Waals surface area contributed by atoms with Gasteiger partial charge in [0, 0.05) is 81.3 Å². The highest BCUT2D eigenvalue weighted by atomic mass is 16.6. The summed E-state index contributed by atoms with van der Waals surface area (Å²) in [5.74, 6) is 0.590. The largest absolute Gasteiger partial charge is 0.490 e. The van der Waals surface area contributed by atoms with E-state index in [9.17, 15) is 24.5 Å². The molecule has 0 aliphatic carbocycles. The number of nitrogens with one attached hydrogen (secondary N) is 1. The number of nitrogens with zero attached hydrogens (tertiary/aromatic N) is 8. The Labute approximate surface area is 319 Å². The summed E-state index contributed by atoms with van der Waals surface area (Å²) >= 11 is 0. The van der Waals surface area contributed by atoms with Crippen LogP contribution >= 0.6 is 0 Å². The normalized spacial score (nSPS) is 21.4. The third-order valence-electron chi connectivity index (χ3n) is 12.7. The van der Waals surface area contributed by atoms with Crippen LogP contribution in [0.25, 0.3) is 22.2 Å². The van der Waals surface area contributed by atoms with Gasteiger partial charge in [-0.2, -0.15) is 5.10 Å². The lowest BCUT2D eigenvalue weighted by Crippen LogP contribution is -2.49. The number of aryl methyl sites for hydroxylation is 2. The molecular formula is C40H51N9O6. The lowest BCUT2D eigenvalue weighted by molar-refractivity contribution is -0.385. The second-order valence-electron chi connectivity index (χ2n) is 15.9. The molecule has 0 radical (unpaired) electrons. The molecule has 4 aromatic rings. The van der Waals surface area contributed by atoms with Gasteiger partial charge in [0.1, 0.15) is 6.04 Å². The van der Waals surface area contributed by atoms with Crippen molar-refractivity contribution in [3.05, 3.63) is 68.9 Å². The van der Waals surface area contributed by atoms with E-state index in [1.165, 1.54) is 25.5 Å². The van der Waals surface area contributed by atoms with Gasteiger partial charge in [0.25, 0.3) is 0 Å². The summed E-state index contributed by atoms with van der Waals surface area (Å²) in [5, 5.41) is 18.6. The lowest BCUT2D eigenvalue weighted by atomic mass is 9.87. The van der Waals surface area contributed by atoms with Gasteiger partial charge in [-0.05, 0) is 94.6 Å². The fourth-order valence-corrected chi connectivity index (χ4v) is 9.71. The van der Waals surface area contributed by atoms with E-state index in [1.807, 2.05) is 31.4 Å². The number of anilines is 1. The topological polar surface area (TPSA) is 153 Å². The van der Waals surface area contributed by atoms with Crippen molar-refractivity contribution in [2.24, 2.45) is 20.0 Å². The van der Waals surface area contributed by atoms with Crippen molar-refractivity contribution in [2.45, 2.75) is 69.4 Å². The molecule has 1 unspecified atom stereocenters. The Morgan fingerprint density at radius 1 is 0.945 bits per heavy atom. The molecule has 8 rings (SSSR count). The van der Waals surface area contributed by atoms with Crippen LogP contribution in [0.3, 0.4) is 0 Å². The first-order chi connectivity index (χ1) is 26.6. The fourth-order valence-electron chi connectivity index (χ4n) is 9.71. The molecule has 0 saturated carbocycles. The number of rotatable bonds is 9. The number of carbonyl (C=O) groups excluding carboxylic acids is 2. The van der Waals surface area contributed by atoms with E-state index in [2.05, 4.69) is 31.2 Å². The van der Waals surface area contributed by atoms with Crippen molar-refractivity contribution in [3.8, 4) is 16.9 Å². The predicted molar refractivity (Wildman–Crippen MR) is 208 cm³/mol. The summed E-state index contributed by atoms with van der Waals surface area (Å²) in [6.45, 7) is 7.13. The highest BCUT2D eigenvalue weighted by Gasteiger charge is 2.34. The Morgan fingerprint density at radius 2 is 1.69 bits per heavy atom. The van der Waals surface area contributed by atoms with Crippen LogP contribution in [0.5, 0.6) is 5.75 Å². The number of benzene rings is 2. The van der Waals surface area contributed by atoms with Crippen LogP contribution in [0.15, 0.2) is 47.5 Å². The van der Waals surface area contributed by atoms with Gasteiger partial charge in [-0.1, -0.05) is 12.1 Å². The minimum absolute atomic E-state index is 0.0443. The van der Waals surface area contributed by atoms with Crippen LogP contribution in [-0.2, 0) is 23.7 Å². The number of nitro groups is 1. The second-order valence-corrected chi connectivity index (χ2v) is 15.9. The van der Waals surface area contributed by atoms with E-state index >= 15 is 0 Å². The Morgan fingerprint density at radius 3 is 2.35 bits per heavy atom. The zero-order chi connectivity index (χ0) is 38.4. The molecule has 0 spiro atoms. The Bertz CT molecular complexity index is 2150. The number of imidazole rings is 1. The highest BCUT2D eigenvalue weighted by Crippen LogP contribution is 2.42. The highest BCUT2D eigenvalue weighted by molar-refractivity contribution is 6.00. The zero-order valence-corrected chi connectivity index (χ0v) is 32.0. The van der Waals surface area contributed by atoms with E-state index in [0.717, 1.165) is 99.3 Å². The average Bonchev–Trinajstić information content (AvgIpc) is 3.74. The molecule has 0 bridgehead atoms. The first-order valence-corrected chi connectivity index (χ1v) is 19.7. The number of piperidine rings is 4. The molecule has 55 heavy (non-hydrogen) atoms. The number of fused-ring (bicyclic) bond motifs is 1. The molecule has 292 valence electrons. The molecule has 1 atom stereocenters. The third kappa shape index (κ3) is 7.15. The van der Waals surface area contributed by atoms with Gasteiger partial charge >= 0.3 is 11.4 Å². The van der Waals surface area contributed by atoms with Gasteiger partial charge in [-0.3, -0.25) is 38.8 Å². The Balaban J connectivity index is 0.848. The zero-order valence-electron chi connectivity index (χ0n) is 32.0. The molecule has 2 amide bonds. The van der Waals surface area contributed by atoms with Gasteiger partial charge in [-0.25, -0.2) is 4.79 Å². The molecule has 6 heterocycles. The maximum Gasteiger partial charge on any atom is 0.329 e.